The number of sulfone groups is 1. The second-order valence-corrected chi connectivity index (χ2v) is 7.22. The molecular weight excluding hydrogens is 332 g/mol. The summed E-state index contributed by atoms with van der Waals surface area (Å²) < 4.78 is 51.5. The number of imidazole rings is 1. The molecule has 0 atom stereocenters. The van der Waals surface area contributed by atoms with Crippen LogP contribution >= 0.6 is 11.3 Å². The van der Waals surface area contributed by atoms with Gasteiger partial charge in [0.1, 0.15) is 22.4 Å². The molecule has 0 fully saturated rings. The molecule has 22 heavy (non-hydrogen) atoms. The molecule has 0 unspecified atom stereocenters. The maximum Gasteiger partial charge on any atom is 0.225 e. The fraction of sp³-hybridized carbons (Fsp3) is 0.0769. The van der Waals surface area contributed by atoms with Crippen molar-refractivity contribution < 1.29 is 17.2 Å². The third-order valence-electron chi connectivity index (χ3n) is 2.85. The molecule has 2 heterocycles. The Kier molecular flexibility index (Phi) is 3.75. The molecule has 5 nitrogen and oxygen atoms in total. The summed E-state index contributed by atoms with van der Waals surface area (Å²) in [6.45, 7) is 0. The molecule has 3 aromatic rings. The van der Waals surface area contributed by atoms with Gasteiger partial charge in [0.05, 0.1) is 11.3 Å². The highest BCUT2D eigenvalue weighted by Crippen LogP contribution is 2.28. The fourth-order valence-corrected chi connectivity index (χ4v) is 4.19. The summed E-state index contributed by atoms with van der Waals surface area (Å²) in [5, 5.41) is 1.49. The van der Waals surface area contributed by atoms with Gasteiger partial charge in [0, 0.05) is 17.8 Å². The van der Waals surface area contributed by atoms with Gasteiger partial charge in [-0.1, -0.05) is 6.07 Å². The molecule has 0 radical (unpaired) electrons. The zero-order valence-corrected chi connectivity index (χ0v) is 12.6. The van der Waals surface area contributed by atoms with Gasteiger partial charge in [-0.25, -0.2) is 27.2 Å². The lowest BCUT2D eigenvalue weighted by Gasteiger charge is -2.01. The Morgan fingerprint density at radius 1 is 1.23 bits per heavy atom. The van der Waals surface area contributed by atoms with Gasteiger partial charge >= 0.3 is 0 Å². The third kappa shape index (κ3) is 2.77. The lowest BCUT2D eigenvalue weighted by molar-refractivity contribution is 0.588. The van der Waals surface area contributed by atoms with Crippen LogP contribution in [-0.2, 0) is 15.6 Å². The number of hydrogen-bond donors (Lipinski definition) is 1. The normalized spacial score (nSPS) is 11.7. The molecule has 9 heteroatoms. The summed E-state index contributed by atoms with van der Waals surface area (Å²) in [4.78, 5) is 10.2. The molecule has 0 aliphatic rings. The zero-order chi connectivity index (χ0) is 15.7. The highest BCUT2D eigenvalue weighted by atomic mass is 32.2. The van der Waals surface area contributed by atoms with Crippen LogP contribution in [-0.4, -0.2) is 23.4 Å². The maximum atomic E-state index is 13.7. The summed E-state index contributed by atoms with van der Waals surface area (Å²) in [7, 11) is -3.67. The van der Waals surface area contributed by atoms with E-state index in [1.165, 1.54) is 23.8 Å². The second kappa shape index (κ2) is 5.58. The Morgan fingerprint density at radius 3 is 2.59 bits per heavy atom. The van der Waals surface area contributed by atoms with Crippen molar-refractivity contribution in [2.75, 3.05) is 0 Å². The first kappa shape index (κ1) is 14.8. The molecule has 0 saturated heterocycles. The lowest BCUT2D eigenvalue weighted by Crippen LogP contribution is -2.06. The number of nitrogens with one attached hydrogen (secondary N) is 1. The Bertz CT molecular complexity index is 885. The van der Waals surface area contributed by atoms with E-state index in [1.807, 2.05) is 0 Å². The maximum absolute atomic E-state index is 13.7. The van der Waals surface area contributed by atoms with Crippen LogP contribution in [0.4, 0.5) is 8.78 Å². The quantitative estimate of drug-likeness (QED) is 0.792. The molecular formula is C13H9F2N3O2S2. The molecule has 1 aromatic carbocycles. The van der Waals surface area contributed by atoms with E-state index >= 15 is 0 Å². The first-order chi connectivity index (χ1) is 10.5. The van der Waals surface area contributed by atoms with Crippen LogP contribution < -0.4 is 0 Å². The van der Waals surface area contributed by atoms with E-state index in [1.54, 1.807) is 0 Å². The summed E-state index contributed by atoms with van der Waals surface area (Å²) in [5.41, 5.74) is -0.189. The first-order valence-electron chi connectivity index (χ1n) is 6.08. The van der Waals surface area contributed by atoms with E-state index in [4.69, 9.17) is 0 Å². The summed E-state index contributed by atoms with van der Waals surface area (Å²) >= 11 is 1.02. The smallest absolute Gasteiger partial charge is 0.225 e. The molecule has 0 bridgehead atoms. The van der Waals surface area contributed by atoms with Crippen LogP contribution in [0.3, 0.4) is 0 Å². The van der Waals surface area contributed by atoms with E-state index in [0.29, 0.717) is 0 Å². The van der Waals surface area contributed by atoms with Crippen molar-refractivity contribution in [3.05, 3.63) is 52.6 Å². The van der Waals surface area contributed by atoms with Crippen LogP contribution in [0.2, 0.25) is 0 Å². The Hall–Kier alpha value is -2.13. The van der Waals surface area contributed by atoms with Crippen molar-refractivity contribution >= 4 is 21.2 Å². The van der Waals surface area contributed by atoms with Gasteiger partial charge in [-0.05, 0) is 12.1 Å². The number of aromatic nitrogens is 3. The van der Waals surface area contributed by atoms with E-state index < -0.39 is 21.5 Å². The van der Waals surface area contributed by atoms with Crippen LogP contribution in [0.15, 0.2) is 41.1 Å². The van der Waals surface area contributed by atoms with Gasteiger partial charge in [0.15, 0.2) is 0 Å². The first-order valence-corrected chi connectivity index (χ1v) is 8.61. The topological polar surface area (TPSA) is 75.7 Å². The summed E-state index contributed by atoms with van der Waals surface area (Å²) in [6, 6.07) is 3.50. The van der Waals surface area contributed by atoms with Gasteiger partial charge in [-0.2, -0.15) is 0 Å². The Morgan fingerprint density at radius 2 is 1.95 bits per heavy atom. The van der Waals surface area contributed by atoms with Crippen molar-refractivity contribution in [2.24, 2.45) is 0 Å². The van der Waals surface area contributed by atoms with Crippen molar-refractivity contribution in [1.29, 1.82) is 0 Å². The number of aromatic amines is 1. The highest BCUT2D eigenvalue weighted by molar-refractivity contribution is 7.90. The van der Waals surface area contributed by atoms with Gasteiger partial charge in [0.25, 0.3) is 0 Å². The molecule has 0 aliphatic carbocycles. The van der Waals surface area contributed by atoms with Crippen LogP contribution in [0, 0.1) is 11.6 Å². The fourth-order valence-electron chi connectivity index (χ4n) is 1.89. The van der Waals surface area contributed by atoms with E-state index in [-0.39, 0.29) is 27.2 Å². The molecule has 0 spiro atoms. The molecule has 2 aromatic heterocycles. The minimum absolute atomic E-state index is 0.0743. The molecule has 1 N–H and O–H groups in total. The SMILES string of the molecule is O=S(=O)(Cc1nc(-c2c(F)cccc2F)cs1)c1ncc[nH]1. The van der Waals surface area contributed by atoms with Crippen LogP contribution in [0.1, 0.15) is 5.01 Å². The molecule has 0 saturated carbocycles. The number of H-pyrrole nitrogens is 1. The Labute approximate surface area is 128 Å². The minimum Gasteiger partial charge on any atom is -0.336 e. The van der Waals surface area contributed by atoms with E-state index in [0.717, 1.165) is 23.5 Å². The predicted molar refractivity (Wildman–Crippen MR) is 76.9 cm³/mol. The molecule has 114 valence electrons. The van der Waals surface area contributed by atoms with Gasteiger partial charge in [-0.3, -0.25) is 0 Å². The van der Waals surface area contributed by atoms with Crippen molar-refractivity contribution in [1.82, 2.24) is 15.0 Å². The van der Waals surface area contributed by atoms with Gasteiger partial charge in [-0.15, -0.1) is 11.3 Å². The minimum atomic E-state index is -3.67. The number of thiazole rings is 1. The number of benzene rings is 1. The lowest BCUT2D eigenvalue weighted by atomic mass is 10.1. The van der Waals surface area contributed by atoms with Crippen molar-refractivity contribution in [2.45, 2.75) is 10.9 Å². The predicted octanol–water partition coefficient (Wildman–Crippen LogP) is 2.79. The van der Waals surface area contributed by atoms with Crippen molar-refractivity contribution in [3.63, 3.8) is 0 Å². The largest absolute Gasteiger partial charge is 0.336 e. The summed E-state index contributed by atoms with van der Waals surface area (Å²) in [6.07, 6.45) is 2.73. The number of nitrogens with zero attached hydrogens (tertiary/aromatic N) is 2. The third-order valence-corrected chi connectivity index (χ3v) is 5.35. The van der Waals surface area contributed by atoms with Gasteiger partial charge < -0.3 is 4.98 Å². The molecule has 0 aliphatic heterocycles. The monoisotopic (exact) mass is 341 g/mol. The van der Waals surface area contributed by atoms with Crippen molar-refractivity contribution in [3.8, 4) is 11.3 Å². The van der Waals surface area contributed by atoms with Crippen LogP contribution in [0.25, 0.3) is 11.3 Å². The average Bonchev–Trinajstić information content (AvgIpc) is 3.10. The van der Waals surface area contributed by atoms with Crippen LogP contribution in [0.5, 0.6) is 0 Å². The average molecular weight is 341 g/mol. The Balaban J connectivity index is 1.92. The zero-order valence-electron chi connectivity index (χ0n) is 11.0. The number of halogens is 2. The second-order valence-electron chi connectivity index (χ2n) is 4.38. The van der Waals surface area contributed by atoms with Gasteiger partial charge in [0.2, 0.25) is 15.0 Å². The molecule has 3 rings (SSSR count). The number of hydrogen-bond acceptors (Lipinski definition) is 5. The highest BCUT2D eigenvalue weighted by Gasteiger charge is 2.21. The standard InChI is InChI=1S/C13H9F2N3O2S2/c14-8-2-1-3-9(15)12(8)10-6-21-11(18-10)7-22(19,20)13-16-4-5-17-13/h1-6H,7H2,(H,16,17). The van der Waals surface area contributed by atoms with E-state index in [9.17, 15) is 17.2 Å². The van der Waals surface area contributed by atoms with E-state index in [2.05, 4.69) is 15.0 Å². The summed E-state index contributed by atoms with van der Waals surface area (Å²) in [5.74, 6) is -1.88. The number of rotatable bonds is 4. The molecule has 0 amide bonds.